The van der Waals surface area contributed by atoms with Crippen molar-refractivity contribution in [2.24, 2.45) is 9.98 Å². The van der Waals surface area contributed by atoms with Gasteiger partial charge in [-0.3, -0.25) is 4.99 Å². The van der Waals surface area contributed by atoms with E-state index in [0.717, 1.165) is 61.3 Å². The van der Waals surface area contributed by atoms with Crippen LogP contribution in [0.4, 0.5) is 11.4 Å². The summed E-state index contributed by atoms with van der Waals surface area (Å²) < 4.78 is 0. The van der Waals surface area contributed by atoms with Crippen LogP contribution >= 0.6 is 0 Å². The molecule has 398 valence electrons. The summed E-state index contributed by atoms with van der Waals surface area (Å²) in [6.07, 6.45) is 63.9. The van der Waals surface area contributed by atoms with Crippen molar-refractivity contribution < 1.29 is 20.4 Å². The molecule has 2 aromatic carbocycles. The second kappa shape index (κ2) is 48.4. The molecule has 0 amide bonds. The largest absolute Gasteiger partial charge is 0.251 e. The second-order valence-corrected chi connectivity index (χ2v) is 21.3. The van der Waals surface area contributed by atoms with Crippen molar-refractivity contribution in [3.8, 4) is 0 Å². The summed E-state index contributed by atoms with van der Waals surface area (Å²) in [5.41, 5.74) is 10.2. The van der Waals surface area contributed by atoms with Crippen molar-refractivity contribution in [3.63, 3.8) is 0 Å². The fraction of sp³-hybridized carbons (Fsp3) is 0.758. The van der Waals surface area contributed by atoms with E-state index >= 15 is 0 Å². The van der Waals surface area contributed by atoms with Gasteiger partial charge >= 0.3 is 0 Å². The zero-order valence-corrected chi connectivity index (χ0v) is 48.5. The Labute approximate surface area is 445 Å². The van der Waals surface area contributed by atoms with Crippen molar-refractivity contribution in [1.82, 2.24) is 0 Å². The summed E-state index contributed by atoms with van der Waals surface area (Å²) in [7, 11) is 0. The molecule has 2 nitrogen and oxygen atoms in total. The van der Waals surface area contributed by atoms with Crippen LogP contribution in [0, 0.1) is 0 Å². The van der Waals surface area contributed by atoms with Crippen LogP contribution in [0.15, 0.2) is 58.5 Å². The number of hydrogen-bond acceptors (Lipinski definition) is 2. The van der Waals surface area contributed by atoms with Gasteiger partial charge in [0.25, 0.3) is 0 Å². The first-order valence-corrected chi connectivity index (χ1v) is 30.6. The number of hydrogen-bond donors (Lipinski definition) is 0. The van der Waals surface area contributed by atoms with Crippen LogP contribution in [0.5, 0.6) is 0 Å². The molecule has 0 bridgehead atoms. The molecule has 0 saturated carbocycles. The van der Waals surface area contributed by atoms with Crippen LogP contribution in [0.1, 0.15) is 321 Å². The molecule has 3 heteroatoms. The second-order valence-electron chi connectivity index (χ2n) is 21.3. The number of allylic oxidation sites excluding steroid dienone is 2. The molecular formula is C66H114N2Pd. The maximum Gasteiger partial charge on any atom is 0.0848 e. The molecule has 2 rings (SSSR count). The third-order valence-corrected chi connectivity index (χ3v) is 14.5. The fourth-order valence-corrected chi connectivity index (χ4v) is 10.1. The summed E-state index contributed by atoms with van der Waals surface area (Å²) in [4.78, 5) is 11.0. The van der Waals surface area contributed by atoms with Gasteiger partial charge < -0.3 is 0 Å². The molecule has 69 heavy (non-hydrogen) atoms. The van der Waals surface area contributed by atoms with Crippen LogP contribution in [0.3, 0.4) is 0 Å². The normalized spacial score (nSPS) is 12.1. The molecule has 0 fully saturated rings. The van der Waals surface area contributed by atoms with Crippen molar-refractivity contribution in [3.05, 3.63) is 70.8 Å². The van der Waals surface area contributed by atoms with Crippen LogP contribution in [0.2, 0.25) is 0 Å². The monoisotopic (exact) mass is 1040 g/mol. The van der Waals surface area contributed by atoms with E-state index in [2.05, 4.69) is 90.1 Å². The SMILES string of the molecule is CCCCCCCCCCCCCCCCCCCCCCCCCCCCC=CC(=Nc1cc(CCCCC)cc(CCCCC)c1)C(CC)=Nc1cc(CCCCC)cc(CCCCC)c1.[Pd]. The molecule has 0 radical (unpaired) electrons. The van der Waals surface area contributed by atoms with E-state index in [0.29, 0.717) is 0 Å². The number of unbranched alkanes of at least 4 members (excludes halogenated alkanes) is 34. The van der Waals surface area contributed by atoms with Crippen molar-refractivity contribution in [2.75, 3.05) is 0 Å². The quantitative estimate of drug-likeness (QED) is 0.0358. The molecular weight excluding hydrogens is 927 g/mol. The van der Waals surface area contributed by atoms with Crippen LogP contribution < -0.4 is 0 Å². The van der Waals surface area contributed by atoms with E-state index in [4.69, 9.17) is 9.98 Å². The number of nitrogens with zero attached hydrogens (tertiary/aromatic N) is 2. The minimum atomic E-state index is 0. The third-order valence-electron chi connectivity index (χ3n) is 14.5. The summed E-state index contributed by atoms with van der Waals surface area (Å²) in [5.74, 6) is 0. The standard InChI is InChI=1S/C66H114N2.Pd/c1-7-13-18-19-20-21-22-23-24-25-26-27-28-29-30-31-32-33-34-35-36-37-38-39-40-41-42-47-52-66(68-64-57-61(50-45-16-10-4)54-62(58-64)51-46-17-11-5)65(12-6)67-63-55-59(48-43-14-8-2)53-60(56-63)49-44-15-9-3;/h47,52-58H,7-46,48-51H2,1-6H3;. The van der Waals surface area contributed by atoms with E-state index in [1.807, 2.05) is 0 Å². The predicted molar refractivity (Wildman–Crippen MR) is 310 cm³/mol. The Kier molecular flexibility index (Phi) is 45.8. The number of rotatable bonds is 48. The molecule has 0 spiro atoms. The Morgan fingerprint density at radius 2 is 0.580 bits per heavy atom. The van der Waals surface area contributed by atoms with Crippen molar-refractivity contribution >= 4 is 22.8 Å². The Morgan fingerprint density at radius 1 is 0.319 bits per heavy atom. The number of aryl methyl sites for hydroxylation is 4. The van der Waals surface area contributed by atoms with Gasteiger partial charge in [0.2, 0.25) is 0 Å². The summed E-state index contributed by atoms with van der Waals surface area (Å²) in [5, 5.41) is 0. The number of aliphatic imine (C=N–C) groups is 2. The Morgan fingerprint density at radius 3 is 0.870 bits per heavy atom. The molecule has 0 atom stereocenters. The maximum absolute atomic E-state index is 5.50. The van der Waals surface area contributed by atoms with Crippen LogP contribution in [-0.4, -0.2) is 11.4 Å². The fourth-order valence-electron chi connectivity index (χ4n) is 10.1. The molecule has 0 aromatic heterocycles. The minimum absolute atomic E-state index is 0. The topological polar surface area (TPSA) is 24.7 Å². The van der Waals surface area contributed by atoms with Gasteiger partial charge in [0, 0.05) is 20.4 Å². The number of benzene rings is 2. The Bertz CT molecular complexity index is 1480. The summed E-state index contributed by atoms with van der Waals surface area (Å²) >= 11 is 0. The summed E-state index contributed by atoms with van der Waals surface area (Å²) in [6, 6.07) is 14.4. The van der Waals surface area contributed by atoms with E-state index < -0.39 is 0 Å². The summed E-state index contributed by atoms with van der Waals surface area (Å²) in [6.45, 7) is 13.8. The van der Waals surface area contributed by atoms with Crippen molar-refractivity contribution in [1.29, 1.82) is 0 Å². The van der Waals surface area contributed by atoms with E-state index in [-0.39, 0.29) is 20.4 Å². The average Bonchev–Trinajstić information content (AvgIpc) is 3.34. The zero-order chi connectivity index (χ0) is 48.8. The molecule has 0 saturated heterocycles. The zero-order valence-electron chi connectivity index (χ0n) is 46.9. The molecule has 0 aliphatic rings. The van der Waals surface area contributed by atoms with Gasteiger partial charge in [0.05, 0.1) is 22.8 Å². The van der Waals surface area contributed by atoms with Gasteiger partial charge in [-0.2, -0.15) is 0 Å². The molecule has 0 aliphatic carbocycles. The van der Waals surface area contributed by atoms with E-state index in [1.54, 1.807) is 0 Å². The first kappa shape index (κ1) is 65.2. The van der Waals surface area contributed by atoms with Gasteiger partial charge in [0.1, 0.15) is 0 Å². The third kappa shape index (κ3) is 36.7. The first-order valence-electron chi connectivity index (χ1n) is 30.6. The van der Waals surface area contributed by atoms with Crippen molar-refractivity contribution in [2.45, 2.75) is 324 Å². The molecule has 0 aliphatic heterocycles. The Balaban J connectivity index is 0.0000238. The predicted octanol–water partition coefficient (Wildman–Crippen LogP) is 23.0. The van der Waals surface area contributed by atoms with Crippen LogP contribution in [-0.2, 0) is 46.1 Å². The van der Waals surface area contributed by atoms with Gasteiger partial charge in [0.15, 0.2) is 0 Å². The van der Waals surface area contributed by atoms with Gasteiger partial charge in [-0.15, -0.1) is 0 Å². The van der Waals surface area contributed by atoms with Gasteiger partial charge in [-0.25, -0.2) is 4.99 Å². The van der Waals surface area contributed by atoms with Crippen LogP contribution in [0.25, 0.3) is 0 Å². The van der Waals surface area contributed by atoms with E-state index in [9.17, 15) is 0 Å². The van der Waals surface area contributed by atoms with E-state index in [1.165, 1.54) is 266 Å². The molecule has 2 aromatic rings. The Hall–Kier alpha value is -1.82. The maximum atomic E-state index is 5.50. The molecule has 0 unspecified atom stereocenters. The molecule has 0 heterocycles. The van der Waals surface area contributed by atoms with Gasteiger partial charge in [-0.1, -0.05) is 272 Å². The average molecular weight is 1040 g/mol. The smallest absolute Gasteiger partial charge is 0.0848 e. The first-order chi connectivity index (χ1) is 33.6. The molecule has 0 N–H and O–H groups in total. The van der Waals surface area contributed by atoms with Gasteiger partial charge in [-0.05, 0) is 123 Å². The minimum Gasteiger partial charge on any atom is -0.251 e.